The van der Waals surface area contributed by atoms with Crippen molar-refractivity contribution in [3.8, 4) is 0 Å². The highest BCUT2D eigenvalue weighted by Gasteiger charge is 2.14. The Balaban J connectivity index is 2.02. The van der Waals surface area contributed by atoms with E-state index in [4.69, 9.17) is 0 Å². The number of hydrogen-bond donors (Lipinski definition) is 2. The normalized spacial score (nSPS) is 10.5. The summed E-state index contributed by atoms with van der Waals surface area (Å²) >= 11 is 0. The molecule has 2 aromatic rings. The lowest BCUT2D eigenvalue weighted by molar-refractivity contribution is -0.120. The van der Waals surface area contributed by atoms with Gasteiger partial charge in [0.1, 0.15) is 5.82 Å². The molecule has 0 atom stereocenters. The maximum Gasteiger partial charge on any atom is 0.227 e. The van der Waals surface area contributed by atoms with Crippen molar-refractivity contribution in [2.45, 2.75) is 33.6 Å². The first kappa shape index (κ1) is 16.0. The van der Waals surface area contributed by atoms with Crippen LogP contribution in [-0.4, -0.2) is 10.9 Å². The molecule has 4 nitrogen and oxygen atoms in total. The number of aromatic nitrogens is 1. The van der Waals surface area contributed by atoms with Crippen LogP contribution in [0.1, 0.15) is 32.3 Å². The van der Waals surface area contributed by atoms with E-state index in [9.17, 15) is 4.79 Å². The zero-order chi connectivity index (χ0) is 15.9. The molecule has 1 heterocycles. The molecular formula is C18H23N3O. The second-order valence-corrected chi connectivity index (χ2v) is 5.37. The van der Waals surface area contributed by atoms with Crippen LogP contribution in [0, 0.1) is 12.8 Å². The Kier molecular flexibility index (Phi) is 5.53. The molecule has 1 amide bonds. The SMILES string of the molecule is CCC(CC)C(=O)Nc1ccc(Nc2ccccc2C)nc1. The van der Waals surface area contributed by atoms with Crippen LogP contribution in [0.15, 0.2) is 42.6 Å². The molecule has 0 radical (unpaired) electrons. The van der Waals surface area contributed by atoms with E-state index >= 15 is 0 Å². The van der Waals surface area contributed by atoms with Crippen molar-refractivity contribution >= 4 is 23.1 Å². The molecule has 0 bridgehead atoms. The first-order chi connectivity index (χ1) is 10.6. The van der Waals surface area contributed by atoms with Gasteiger partial charge >= 0.3 is 0 Å². The molecule has 0 unspecified atom stereocenters. The number of benzene rings is 1. The number of nitrogens with one attached hydrogen (secondary N) is 2. The molecule has 22 heavy (non-hydrogen) atoms. The molecule has 1 aromatic carbocycles. The highest BCUT2D eigenvalue weighted by atomic mass is 16.1. The minimum absolute atomic E-state index is 0.0600. The fraction of sp³-hybridized carbons (Fsp3) is 0.333. The fourth-order valence-electron chi connectivity index (χ4n) is 2.30. The Morgan fingerprint density at radius 2 is 1.86 bits per heavy atom. The highest BCUT2D eigenvalue weighted by Crippen LogP contribution is 2.20. The van der Waals surface area contributed by atoms with Gasteiger partial charge in [-0.2, -0.15) is 0 Å². The zero-order valence-corrected chi connectivity index (χ0v) is 13.4. The third kappa shape index (κ3) is 4.07. The molecule has 0 fully saturated rings. The minimum atomic E-state index is 0.0600. The van der Waals surface area contributed by atoms with Gasteiger partial charge in [-0.05, 0) is 43.5 Å². The molecular weight excluding hydrogens is 274 g/mol. The number of amides is 1. The number of rotatable bonds is 6. The Morgan fingerprint density at radius 3 is 2.45 bits per heavy atom. The van der Waals surface area contributed by atoms with Crippen molar-refractivity contribution < 1.29 is 4.79 Å². The van der Waals surface area contributed by atoms with Crippen LogP contribution in [0.2, 0.25) is 0 Å². The summed E-state index contributed by atoms with van der Waals surface area (Å²) in [4.78, 5) is 16.4. The molecule has 2 rings (SSSR count). The van der Waals surface area contributed by atoms with Gasteiger partial charge in [-0.1, -0.05) is 32.0 Å². The second-order valence-electron chi connectivity index (χ2n) is 5.37. The number of aryl methyl sites for hydroxylation is 1. The summed E-state index contributed by atoms with van der Waals surface area (Å²) in [5.41, 5.74) is 2.92. The maximum absolute atomic E-state index is 12.0. The number of pyridine rings is 1. The van der Waals surface area contributed by atoms with E-state index in [1.54, 1.807) is 6.20 Å². The predicted octanol–water partition coefficient (Wildman–Crippen LogP) is 4.51. The van der Waals surface area contributed by atoms with Gasteiger partial charge in [-0.15, -0.1) is 0 Å². The molecule has 1 aromatic heterocycles. The van der Waals surface area contributed by atoms with Crippen molar-refractivity contribution in [2.24, 2.45) is 5.92 Å². The molecule has 0 spiro atoms. The van der Waals surface area contributed by atoms with Gasteiger partial charge in [0.2, 0.25) is 5.91 Å². The number of nitrogens with zero attached hydrogens (tertiary/aromatic N) is 1. The summed E-state index contributed by atoms with van der Waals surface area (Å²) in [6, 6.07) is 11.8. The third-order valence-electron chi connectivity index (χ3n) is 3.80. The predicted molar refractivity (Wildman–Crippen MR) is 91.4 cm³/mol. The minimum Gasteiger partial charge on any atom is -0.340 e. The molecule has 0 aliphatic rings. The van der Waals surface area contributed by atoms with E-state index < -0.39 is 0 Å². The maximum atomic E-state index is 12.0. The second kappa shape index (κ2) is 7.59. The van der Waals surface area contributed by atoms with E-state index in [1.807, 2.05) is 57.2 Å². The largest absolute Gasteiger partial charge is 0.340 e. The van der Waals surface area contributed by atoms with Crippen LogP contribution in [-0.2, 0) is 4.79 Å². The number of para-hydroxylation sites is 1. The average molecular weight is 297 g/mol. The Labute approximate surface area is 132 Å². The van der Waals surface area contributed by atoms with Gasteiger partial charge in [0.25, 0.3) is 0 Å². The fourth-order valence-corrected chi connectivity index (χ4v) is 2.30. The van der Waals surface area contributed by atoms with Crippen molar-refractivity contribution in [3.05, 3.63) is 48.2 Å². The molecule has 0 aliphatic carbocycles. The summed E-state index contributed by atoms with van der Waals surface area (Å²) in [7, 11) is 0. The Bertz CT molecular complexity index is 618. The summed E-state index contributed by atoms with van der Waals surface area (Å²) in [6.45, 7) is 6.11. The first-order valence-corrected chi connectivity index (χ1v) is 7.73. The molecule has 4 heteroatoms. The average Bonchev–Trinajstić information content (AvgIpc) is 2.52. The lowest BCUT2D eigenvalue weighted by Gasteiger charge is -2.13. The van der Waals surface area contributed by atoms with Crippen molar-refractivity contribution in [2.75, 3.05) is 10.6 Å². The monoisotopic (exact) mass is 297 g/mol. The van der Waals surface area contributed by atoms with Crippen molar-refractivity contribution in [1.29, 1.82) is 0 Å². The molecule has 2 N–H and O–H groups in total. The van der Waals surface area contributed by atoms with Crippen LogP contribution in [0.25, 0.3) is 0 Å². The third-order valence-corrected chi connectivity index (χ3v) is 3.80. The topological polar surface area (TPSA) is 54.0 Å². The van der Waals surface area contributed by atoms with Gasteiger partial charge in [0, 0.05) is 11.6 Å². The van der Waals surface area contributed by atoms with Gasteiger partial charge < -0.3 is 10.6 Å². The number of hydrogen-bond acceptors (Lipinski definition) is 3. The van der Waals surface area contributed by atoms with Gasteiger partial charge in [-0.3, -0.25) is 4.79 Å². The van der Waals surface area contributed by atoms with E-state index in [2.05, 4.69) is 15.6 Å². The lowest BCUT2D eigenvalue weighted by Crippen LogP contribution is -2.21. The molecule has 0 saturated heterocycles. The van der Waals surface area contributed by atoms with E-state index in [0.29, 0.717) is 0 Å². The zero-order valence-electron chi connectivity index (χ0n) is 13.4. The van der Waals surface area contributed by atoms with Crippen LogP contribution < -0.4 is 10.6 Å². The number of carbonyl (C=O) groups excluding carboxylic acids is 1. The van der Waals surface area contributed by atoms with Gasteiger partial charge in [-0.25, -0.2) is 4.98 Å². The lowest BCUT2D eigenvalue weighted by atomic mass is 10.0. The van der Waals surface area contributed by atoms with Gasteiger partial charge in [0.05, 0.1) is 11.9 Å². The molecule has 0 saturated carbocycles. The van der Waals surface area contributed by atoms with Crippen LogP contribution in [0.5, 0.6) is 0 Å². The van der Waals surface area contributed by atoms with Crippen molar-refractivity contribution in [3.63, 3.8) is 0 Å². The highest BCUT2D eigenvalue weighted by molar-refractivity contribution is 5.92. The summed E-state index contributed by atoms with van der Waals surface area (Å²) in [5.74, 6) is 0.881. The van der Waals surface area contributed by atoms with E-state index in [-0.39, 0.29) is 11.8 Å². The van der Waals surface area contributed by atoms with Crippen LogP contribution >= 0.6 is 0 Å². The van der Waals surface area contributed by atoms with Gasteiger partial charge in [0.15, 0.2) is 0 Å². The summed E-state index contributed by atoms with van der Waals surface area (Å²) < 4.78 is 0. The molecule has 116 valence electrons. The quantitative estimate of drug-likeness (QED) is 0.825. The Hall–Kier alpha value is -2.36. The summed E-state index contributed by atoms with van der Waals surface area (Å²) in [6.07, 6.45) is 3.38. The standard InChI is InChI=1S/C18H23N3O/c1-4-14(5-2)18(22)20-15-10-11-17(19-12-15)21-16-9-7-6-8-13(16)3/h6-12,14H,4-5H2,1-3H3,(H,19,21)(H,20,22). The summed E-state index contributed by atoms with van der Waals surface area (Å²) in [5, 5.41) is 6.19. The van der Waals surface area contributed by atoms with E-state index in [0.717, 1.165) is 35.6 Å². The number of anilines is 3. The van der Waals surface area contributed by atoms with Crippen molar-refractivity contribution in [1.82, 2.24) is 4.98 Å². The Morgan fingerprint density at radius 1 is 1.14 bits per heavy atom. The van der Waals surface area contributed by atoms with E-state index in [1.165, 1.54) is 0 Å². The first-order valence-electron chi connectivity index (χ1n) is 7.73. The number of carbonyl (C=O) groups is 1. The molecule has 0 aliphatic heterocycles. The smallest absolute Gasteiger partial charge is 0.227 e. The van der Waals surface area contributed by atoms with Crippen LogP contribution in [0.3, 0.4) is 0 Å². The van der Waals surface area contributed by atoms with Crippen LogP contribution in [0.4, 0.5) is 17.2 Å².